The molecule has 134 valence electrons. The molecule has 0 bridgehead atoms. The first-order valence-electron chi connectivity index (χ1n) is 8.02. The average molecular weight is 380 g/mol. The molecule has 0 amide bonds. The van der Waals surface area contributed by atoms with Gasteiger partial charge in [-0.1, -0.05) is 47.1 Å². The van der Waals surface area contributed by atoms with Crippen molar-refractivity contribution in [2.45, 2.75) is 0 Å². The van der Waals surface area contributed by atoms with Crippen LogP contribution in [0.2, 0.25) is 5.02 Å². The molecule has 0 atom stereocenters. The van der Waals surface area contributed by atoms with Gasteiger partial charge < -0.3 is 15.0 Å². The van der Waals surface area contributed by atoms with E-state index in [1.54, 1.807) is 24.3 Å². The summed E-state index contributed by atoms with van der Waals surface area (Å²) in [6.07, 6.45) is 0. The zero-order chi connectivity index (χ0) is 18.8. The fourth-order valence-corrected chi connectivity index (χ4v) is 2.69. The van der Waals surface area contributed by atoms with Crippen molar-refractivity contribution in [3.05, 3.63) is 59.6 Å². The molecule has 8 heteroatoms. The molecule has 0 fully saturated rings. The molecule has 0 aliphatic rings. The van der Waals surface area contributed by atoms with Gasteiger partial charge in [0, 0.05) is 16.1 Å². The van der Waals surface area contributed by atoms with Gasteiger partial charge >= 0.3 is 0 Å². The Morgan fingerprint density at radius 1 is 0.889 bits per heavy atom. The Kier molecular flexibility index (Phi) is 4.43. The standard InChI is InChI=1S/C19H14ClN5O2/c1-26-18-14(15(21)22-16(23-18)11-5-3-2-4-6-11)19-24-17(25-27-19)12-7-9-13(20)10-8-12/h2-10H,1H3,(H2,21,22,23). The maximum atomic E-state index is 6.16. The molecular formula is C19H14ClN5O2. The minimum atomic E-state index is 0.175. The molecule has 2 N–H and O–H groups in total. The highest BCUT2D eigenvalue weighted by Gasteiger charge is 2.22. The highest BCUT2D eigenvalue weighted by atomic mass is 35.5. The van der Waals surface area contributed by atoms with E-state index < -0.39 is 0 Å². The Balaban J connectivity index is 1.77. The topological polar surface area (TPSA) is 100.0 Å². The summed E-state index contributed by atoms with van der Waals surface area (Å²) in [5.74, 6) is 1.47. The summed E-state index contributed by atoms with van der Waals surface area (Å²) in [5.41, 5.74) is 8.09. The molecule has 0 saturated carbocycles. The van der Waals surface area contributed by atoms with Crippen LogP contribution < -0.4 is 10.5 Å². The maximum absolute atomic E-state index is 6.16. The van der Waals surface area contributed by atoms with E-state index in [2.05, 4.69) is 20.1 Å². The number of methoxy groups -OCH3 is 1. The molecular weight excluding hydrogens is 366 g/mol. The number of nitrogen functional groups attached to an aromatic ring is 1. The predicted molar refractivity (Wildman–Crippen MR) is 102 cm³/mol. The van der Waals surface area contributed by atoms with E-state index in [4.69, 9.17) is 26.6 Å². The average Bonchev–Trinajstić information content (AvgIpc) is 3.18. The quantitative estimate of drug-likeness (QED) is 0.569. The fourth-order valence-electron chi connectivity index (χ4n) is 2.56. The van der Waals surface area contributed by atoms with Crippen molar-refractivity contribution >= 4 is 17.4 Å². The smallest absolute Gasteiger partial charge is 0.267 e. The largest absolute Gasteiger partial charge is 0.480 e. The van der Waals surface area contributed by atoms with Crippen molar-refractivity contribution in [1.82, 2.24) is 20.1 Å². The van der Waals surface area contributed by atoms with Gasteiger partial charge in [-0.15, -0.1) is 0 Å². The van der Waals surface area contributed by atoms with Crippen molar-refractivity contribution in [3.8, 4) is 40.1 Å². The summed E-state index contributed by atoms with van der Waals surface area (Å²) >= 11 is 5.91. The Morgan fingerprint density at radius 2 is 1.59 bits per heavy atom. The van der Waals surface area contributed by atoms with Gasteiger partial charge in [-0.05, 0) is 24.3 Å². The number of hydrogen-bond acceptors (Lipinski definition) is 7. The summed E-state index contributed by atoms with van der Waals surface area (Å²) < 4.78 is 10.8. The molecule has 2 aromatic carbocycles. The van der Waals surface area contributed by atoms with Crippen LogP contribution in [0.15, 0.2) is 59.1 Å². The Bertz CT molecular complexity index is 1080. The number of hydrogen-bond donors (Lipinski definition) is 1. The first-order valence-corrected chi connectivity index (χ1v) is 8.40. The molecule has 0 aliphatic heterocycles. The minimum absolute atomic E-state index is 0.175. The van der Waals surface area contributed by atoms with Gasteiger partial charge in [-0.2, -0.15) is 9.97 Å². The van der Waals surface area contributed by atoms with Crippen LogP contribution in [-0.4, -0.2) is 27.2 Å². The SMILES string of the molecule is COc1nc(-c2ccccc2)nc(N)c1-c1nc(-c2ccc(Cl)cc2)no1. The summed E-state index contributed by atoms with van der Waals surface area (Å²) in [6, 6.07) is 16.6. The van der Waals surface area contributed by atoms with Gasteiger partial charge in [0.1, 0.15) is 11.4 Å². The molecule has 0 saturated heterocycles. The van der Waals surface area contributed by atoms with Crippen LogP contribution in [0.3, 0.4) is 0 Å². The van der Waals surface area contributed by atoms with Crippen molar-refractivity contribution in [2.75, 3.05) is 12.8 Å². The fraction of sp³-hybridized carbons (Fsp3) is 0.0526. The molecule has 4 rings (SSSR count). The molecule has 4 aromatic rings. The Labute approximate surface area is 159 Å². The number of nitrogens with zero attached hydrogens (tertiary/aromatic N) is 4. The lowest BCUT2D eigenvalue weighted by atomic mass is 10.2. The lowest BCUT2D eigenvalue weighted by Gasteiger charge is -2.09. The van der Waals surface area contributed by atoms with Crippen molar-refractivity contribution in [3.63, 3.8) is 0 Å². The van der Waals surface area contributed by atoms with Gasteiger partial charge in [0.2, 0.25) is 11.7 Å². The van der Waals surface area contributed by atoms with E-state index >= 15 is 0 Å². The summed E-state index contributed by atoms with van der Waals surface area (Å²) in [4.78, 5) is 13.2. The van der Waals surface area contributed by atoms with Crippen molar-refractivity contribution in [2.24, 2.45) is 0 Å². The Hall–Kier alpha value is -3.45. The van der Waals surface area contributed by atoms with Crippen LogP contribution in [-0.2, 0) is 0 Å². The van der Waals surface area contributed by atoms with Crippen LogP contribution in [0, 0.1) is 0 Å². The van der Waals surface area contributed by atoms with E-state index in [1.165, 1.54) is 7.11 Å². The second-order valence-corrected chi connectivity index (χ2v) is 6.05. The third kappa shape index (κ3) is 3.32. The second-order valence-electron chi connectivity index (χ2n) is 5.61. The Morgan fingerprint density at radius 3 is 2.30 bits per heavy atom. The lowest BCUT2D eigenvalue weighted by molar-refractivity contribution is 0.392. The van der Waals surface area contributed by atoms with Gasteiger partial charge in [-0.3, -0.25) is 0 Å². The number of nitrogens with two attached hydrogens (primary N) is 1. The highest BCUT2D eigenvalue weighted by Crippen LogP contribution is 2.34. The first kappa shape index (κ1) is 17.0. The lowest BCUT2D eigenvalue weighted by Crippen LogP contribution is -2.03. The highest BCUT2D eigenvalue weighted by molar-refractivity contribution is 6.30. The zero-order valence-corrected chi connectivity index (χ0v) is 15.0. The van der Waals surface area contributed by atoms with Crippen LogP contribution in [0.5, 0.6) is 5.88 Å². The first-order chi connectivity index (χ1) is 13.2. The van der Waals surface area contributed by atoms with E-state index in [-0.39, 0.29) is 17.6 Å². The molecule has 27 heavy (non-hydrogen) atoms. The van der Waals surface area contributed by atoms with E-state index in [1.807, 2.05) is 30.3 Å². The van der Waals surface area contributed by atoms with Gasteiger partial charge in [0.05, 0.1) is 7.11 Å². The number of aromatic nitrogens is 4. The normalized spacial score (nSPS) is 10.7. The monoisotopic (exact) mass is 379 g/mol. The molecule has 2 heterocycles. The minimum Gasteiger partial charge on any atom is -0.480 e. The van der Waals surface area contributed by atoms with E-state index in [0.29, 0.717) is 22.2 Å². The van der Waals surface area contributed by atoms with Crippen LogP contribution in [0.4, 0.5) is 5.82 Å². The van der Waals surface area contributed by atoms with E-state index in [0.717, 1.165) is 11.1 Å². The summed E-state index contributed by atoms with van der Waals surface area (Å²) in [5, 5.41) is 4.62. The van der Waals surface area contributed by atoms with Gasteiger partial charge in [0.25, 0.3) is 5.89 Å². The third-order valence-electron chi connectivity index (χ3n) is 3.87. The summed E-state index contributed by atoms with van der Waals surface area (Å²) in [6.45, 7) is 0. The maximum Gasteiger partial charge on any atom is 0.267 e. The molecule has 7 nitrogen and oxygen atoms in total. The zero-order valence-electron chi connectivity index (χ0n) is 14.3. The van der Waals surface area contributed by atoms with Crippen LogP contribution >= 0.6 is 11.6 Å². The third-order valence-corrected chi connectivity index (χ3v) is 4.12. The number of benzene rings is 2. The van der Waals surface area contributed by atoms with Crippen molar-refractivity contribution in [1.29, 1.82) is 0 Å². The number of ether oxygens (including phenoxy) is 1. The van der Waals surface area contributed by atoms with Crippen LogP contribution in [0.1, 0.15) is 0 Å². The number of halogens is 1. The molecule has 2 aromatic heterocycles. The van der Waals surface area contributed by atoms with Crippen LogP contribution in [0.25, 0.3) is 34.2 Å². The molecule has 0 unspecified atom stereocenters. The second kappa shape index (κ2) is 7.05. The number of rotatable bonds is 4. The van der Waals surface area contributed by atoms with Gasteiger partial charge in [0.15, 0.2) is 5.82 Å². The van der Waals surface area contributed by atoms with Crippen molar-refractivity contribution < 1.29 is 9.26 Å². The molecule has 0 aliphatic carbocycles. The molecule has 0 radical (unpaired) electrons. The molecule has 0 spiro atoms. The van der Waals surface area contributed by atoms with E-state index in [9.17, 15) is 0 Å². The van der Waals surface area contributed by atoms with Gasteiger partial charge in [-0.25, -0.2) is 4.98 Å². The number of anilines is 1. The summed E-state index contributed by atoms with van der Waals surface area (Å²) in [7, 11) is 1.50. The predicted octanol–water partition coefficient (Wildman–Crippen LogP) is 4.10.